The SMILES string of the molecule is CC(C)(C)C(=O)OC1(c2ccc(F)cc2)CCCCNC1. The van der Waals surface area contributed by atoms with Crippen LogP contribution < -0.4 is 5.32 Å². The largest absolute Gasteiger partial charge is 0.452 e. The molecule has 1 aliphatic rings. The van der Waals surface area contributed by atoms with Gasteiger partial charge in [0, 0.05) is 6.54 Å². The maximum atomic E-state index is 13.2. The number of esters is 1. The second-order valence-corrected chi connectivity index (χ2v) is 6.77. The summed E-state index contributed by atoms with van der Waals surface area (Å²) in [6.45, 7) is 7.02. The van der Waals surface area contributed by atoms with Gasteiger partial charge in [-0.1, -0.05) is 12.1 Å². The normalized spacial score (nSPS) is 23.4. The van der Waals surface area contributed by atoms with Gasteiger partial charge in [0.2, 0.25) is 0 Å². The summed E-state index contributed by atoms with van der Waals surface area (Å²) in [5.74, 6) is -0.506. The van der Waals surface area contributed by atoms with Crippen LogP contribution in [0.25, 0.3) is 0 Å². The van der Waals surface area contributed by atoms with Crippen LogP contribution in [0, 0.1) is 11.2 Å². The van der Waals surface area contributed by atoms with Crippen molar-refractivity contribution in [3.05, 3.63) is 35.6 Å². The standard InChI is InChI=1S/C17H24FNO2/c1-16(2,3)15(20)21-17(10-4-5-11-19-12-17)13-6-8-14(18)9-7-13/h6-9,19H,4-5,10-12H2,1-3H3. The minimum absolute atomic E-state index is 0.226. The first-order chi connectivity index (χ1) is 9.83. The second kappa shape index (κ2) is 6.14. The lowest BCUT2D eigenvalue weighted by Crippen LogP contribution is -2.43. The minimum Gasteiger partial charge on any atom is -0.452 e. The molecule has 21 heavy (non-hydrogen) atoms. The van der Waals surface area contributed by atoms with E-state index < -0.39 is 11.0 Å². The molecule has 1 heterocycles. The monoisotopic (exact) mass is 293 g/mol. The predicted molar refractivity (Wildman–Crippen MR) is 80.3 cm³/mol. The van der Waals surface area contributed by atoms with Crippen molar-refractivity contribution >= 4 is 5.97 Å². The Balaban J connectivity index is 2.34. The third-order valence-electron chi connectivity index (χ3n) is 3.87. The zero-order valence-corrected chi connectivity index (χ0v) is 13.0. The molecule has 0 radical (unpaired) electrons. The van der Waals surface area contributed by atoms with E-state index in [1.807, 2.05) is 20.8 Å². The van der Waals surface area contributed by atoms with Gasteiger partial charge in [0.15, 0.2) is 0 Å². The van der Waals surface area contributed by atoms with E-state index in [2.05, 4.69) is 5.32 Å². The summed E-state index contributed by atoms with van der Waals surface area (Å²) in [5, 5.41) is 3.34. The first kappa shape index (κ1) is 16.0. The van der Waals surface area contributed by atoms with Crippen LogP contribution in [0.15, 0.2) is 24.3 Å². The maximum absolute atomic E-state index is 13.2. The lowest BCUT2D eigenvalue weighted by Gasteiger charge is -2.35. The Morgan fingerprint density at radius 2 is 1.90 bits per heavy atom. The molecule has 1 unspecified atom stereocenters. The Kier molecular flexibility index (Phi) is 4.67. The molecule has 0 aliphatic carbocycles. The number of benzene rings is 1. The Morgan fingerprint density at radius 1 is 1.24 bits per heavy atom. The molecule has 1 N–H and O–H groups in total. The van der Waals surface area contributed by atoms with Crippen LogP contribution in [0.3, 0.4) is 0 Å². The molecular formula is C17H24FNO2. The molecule has 1 fully saturated rings. The average molecular weight is 293 g/mol. The summed E-state index contributed by atoms with van der Waals surface area (Å²) in [7, 11) is 0. The number of carbonyl (C=O) groups excluding carboxylic acids is 1. The van der Waals surface area contributed by atoms with E-state index in [9.17, 15) is 9.18 Å². The van der Waals surface area contributed by atoms with Gasteiger partial charge in [0.1, 0.15) is 11.4 Å². The van der Waals surface area contributed by atoms with Crippen molar-refractivity contribution in [2.45, 2.75) is 45.6 Å². The van der Waals surface area contributed by atoms with Gasteiger partial charge < -0.3 is 10.1 Å². The molecule has 1 aromatic rings. The quantitative estimate of drug-likeness (QED) is 0.850. The highest BCUT2D eigenvalue weighted by molar-refractivity contribution is 5.76. The van der Waals surface area contributed by atoms with Crippen LogP contribution in [0.4, 0.5) is 4.39 Å². The molecular weight excluding hydrogens is 269 g/mol. The minimum atomic E-state index is -0.700. The number of hydrogen-bond acceptors (Lipinski definition) is 3. The van der Waals surface area contributed by atoms with Gasteiger partial charge >= 0.3 is 5.97 Å². The van der Waals surface area contributed by atoms with Gasteiger partial charge in [0.25, 0.3) is 0 Å². The summed E-state index contributed by atoms with van der Waals surface area (Å²) < 4.78 is 19.1. The van der Waals surface area contributed by atoms with Crippen molar-refractivity contribution in [2.24, 2.45) is 5.41 Å². The Labute approximate surface area is 125 Å². The molecule has 0 aromatic heterocycles. The number of ether oxygens (including phenoxy) is 1. The molecule has 1 aromatic carbocycles. The second-order valence-electron chi connectivity index (χ2n) is 6.77. The van der Waals surface area contributed by atoms with Gasteiger partial charge in [-0.05, 0) is 64.3 Å². The molecule has 2 rings (SSSR count). The number of rotatable bonds is 2. The first-order valence-corrected chi connectivity index (χ1v) is 7.54. The van der Waals surface area contributed by atoms with E-state index in [-0.39, 0.29) is 11.8 Å². The third-order valence-corrected chi connectivity index (χ3v) is 3.87. The zero-order valence-electron chi connectivity index (χ0n) is 13.0. The van der Waals surface area contributed by atoms with Crippen LogP contribution in [-0.2, 0) is 15.1 Å². The molecule has 1 atom stereocenters. The molecule has 1 aliphatic heterocycles. The molecule has 0 saturated carbocycles. The predicted octanol–water partition coefficient (Wildman–Crippen LogP) is 3.38. The van der Waals surface area contributed by atoms with E-state index in [1.54, 1.807) is 12.1 Å². The van der Waals surface area contributed by atoms with Crippen molar-refractivity contribution < 1.29 is 13.9 Å². The van der Waals surface area contributed by atoms with Crippen LogP contribution in [0.5, 0.6) is 0 Å². The van der Waals surface area contributed by atoms with E-state index >= 15 is 0 Å². The summed E-state index contributed by atoms with van der Waals surface area (Å²) in [6.07, 6.45) is 2.78. The summed E-state index contributed by atoms with van der Waals surface area (Å²) in [4.78, 5) is 12.4. The van der Waals surface area contributed by atoms with Crippen LogP contribution in [0.2, 0.25) is 0 Å². The van der Waals surface area contributed by atoms with Crippen molar-refractivity contribution in [1.82, 2.24) is 5.32 Å². The molecule has 0 amide bonds. The summed E-state index contributed by atoms with van der Waals surface area (Å²) in [5.41, 5.74) is -0.399. The molecule has 3 nitrogen and oxygen atoms in total. The van der Waals surface area contributed by atoms with E-state index in [4.69, 9.17) is 4.74 Å². The molecule has 0 spiro atoms. The summed E-state index contributed by atoms with van der Waals surface area (Å²) in [6, 6.07) is 6.29. The van der Waals surface area contributed by atoms with E-state index in [1.165, 1.54) is 12.1 Å². The smallest absolute Gasteiger partial charge is 0.312 e. The average Bonchev–Trinajstić information content (AvgIpc) is 2.65. The highest BCUT2D eigenvalue weighted by Crippen LogP contribution is 2.35. The van der Waals surface area contributed by atoms with E-state index in [0.717, 1.165) is 31.4 Å². The topological polar surface area (TPSA) is 38.3 Å². The molecule has 1 saturated heterocycles. The summed E-state index contributed by atoms with van der Waals surface area (Å²) >= 11 is 0. The van der Waals surface area contributed by atoms with Gasteiger partial charge in [-0.2, -0.15) is 0 Å². The molecule has 0 bridgehead atoms. The lowest BCUT2D eigenvalue weighted by atomic mass is 9.88. The fourth-order valence-electron chi connectivity index (χ4n) is 2.52. The van der Waals surface area contributed by atoms with Gasteiger partial charge in [-0.25, -0.2) is 4.39 Å². The number of carbonyl (C=O) groups is 1. The van der Waals surface area contributed by atoms with Crippen LogP contribution in [-0.4, -0.2) is 19.1 Å². The highest BCUT2D eigenvalue weighted by atomic mass is 19.1. The highest BCUT2D eigenvalue weighted by Gasteiger charge is 2.39. The number of hydrogen-bond donors (Lipinski definition) is 1. The number of halogens is 1. The zero-order chi connectivity index (χ0) is 15.5. The van der Waals surface area contributed by atoms with Crippen molar-refractivity contribution in [3.63, 3.8) is 0 Å². The first-order valence-electron chi connectivity index (χ1n) is 7.54. The Morgan fingerprint density at radius 3 is 2.52 bits per heavy atom. The molecule has 116 valence electrons. The van der Waals surface area contributed by atoms with Gasteiger partial charge in [-0.15, -0.1) is 0 Å². The van der Waals surface area contributed by atoms with E-state index in [0.29, 0.717) is 6.54 Å². The fourth-order valence-corrected chi connectivity index (χ4v) is 2.52. The van der Waals surface area contributed by atoms with Gasteiger partial charge in [-0.3, -0.25) is 4.79 Å². The van der Waals surface area contributed by atoms with Crippen LogP contribution >= 0.6 is 0 Å². The van der Waals surface area contributed by atoms with Crippen molar-refractivity contribution in [3.8, 4) is 0 Å². The maximum Gasteiger partial charge on any atom is 0.312 e. The fraction of sp³-hybridized carbons (Fsp3) is 0.588. The van der Waals surface area contributed by atoms with Gasteiger partial charge in [0.05, 0.1) is 5.41 Å². The lowest BCUT2D eigenvalue weighted by molar-refractivity contribution is -0.171. The Bertz CT molecular complexity index is 483. The molecule has 4 heteroatoms. The van der Waals surface area contributed by atoms with Crippen LogP contribution in [0.1, 0.15) is 45.6 Å². The van der Waals surface area contributed by atoms with Crippen molar-refractivity contribution in [2.75, 3.05) is 13.1 Å². The Hall–Kier alpha value is -1.42. The third kappa shape index (κ3) is 3.82. The number of nitrogens with one attached hydrogen (secondary N) is 1. The van der Waals surface area contributed by atoms with Crippen molar-refractivity contribution in [1.29, 1.82) is 0 Å².